The van der Waals surface area contributed by atoms with E-state index in [-0.39, 0.29) is 5.75 Å². The molecule has 0 unspecified atom stereocenters. The van der Waals surface area contributed by atoms with Crippen LogP contribution in [0, 0.1) is 0 Å². The Hall–Kier alpha value is -1.77. The third-order valence-corrected chi connectivity index (χ3v) is 1.52. The SMILES string of the molecule is C=Cc1cccc(/C=N\O)c1O. The molecular weight excluding hydrogens is 154 g/mol. The fraction of sp³-hybridized carbons (Fsp3) is 0. The average molecular weight is 163 g/mol. The van der Waals surface area contributed by atoms with Crippen molar-refractivity contribution in [2.75, 3.05) is 0 Å². The number of nitrogens with zero attached hydrogens (tertiary/aromatic N) is 1. The van der Waals surface area contributed by atoms with E-state index in [1.165, 1.54) is 12.3 Å². The van der Waals surface area contributed by atoms with Gasteiger partial charge in [0.2, 0.25) is 0 Å². The summed E-state index contributed by atoms with van der Waals surface area (Å²) in [5.41, 5.74) is 1.09. The van der Waals surface area contributed by atoms with Crippen LogP contribution in [0.25, 0.3) is 6.08 Å². The number of phenolic OH excluding ortho intramolecular Hbond substituents is 1. The zero-order valence-electron chi connectivity index (χ0n) is 6.44. The summed E-state index contributed by atoms with van der Waals surface area (Å²) in [5.74, 6) is 0.0744. The van der Waals surface area contributed by atoms with Crippen LogP contribution < -0.4 is 0 Å². The van der Waals surface area contributed by atoms with Gasteiger partial charge in [-0.25, -0.2) is 0 Å². The Morgan fingerprint density at radius 1 is 1.33 bits per heavy atom. The van der Waals surface area contributed by atoms with Crippen LogP contribution in [0.5, 0.6) is 5.75 Å². The highest BCUT2D eigenvalue weighted by Gasteiger charge is 2.00. The fourth-order valence-corrected chi connectivity index (χ4v) is 0.911. The van der Waals surface area contributed by atoms with Crippen molar-refractivity contribution in [3.63, 3.8) is 0 Å². The topological polar surface area (TPSA) is 52.8 Å². The monoisotopic (exact) mass is 163 g/mol. The summed E-state index contributed by atoms with van der Waals surface area (Å²) in [5, 5.41) is 20.5. The van der Waals surface area contributed by atoms with Crippen molar-refractivity contribution >= 4 is 12.3 Å². The Morgan fingerprint density at radius 2 is 2.00 bits per heavy atom. The van der Waals surface area contributed by atoms with E-state index in [1.54, 1.807) is 18.2 Å². The first-order valence-corrected chi connectivity index (χ1v) is 3.41. The lowest BCUT2D eigenvalue weighted by molar-refractivity contribution is 0.321. The van der Waals surface area contributed by atoms with Gasteiger partial charge in [-0.3, -0.25) is 0 Å². The van der Waals surface area contributed by atoms with Crippen LogP contribution in [0.15, 0.2) is 29.9 Å². The second kappa shape index (κ2) is 3.57. The third kappa shape index (κ3) is 1.45. The Kier molecular flexibility index (Phi) is 2.48. The Labute approximate surface area is 70.3 Å². The summed E-state index contributed by atoms with van der Waals surface area (Å²) in [7, 11) is 0. The summed E-state index contributed by atoms with van der Waals surface area (Å²) < 4.78 is 0. The molecule has 2 N–H and O–H groups in total. The first kappa shape index (κ1) is 8.33. The summed E-state index contributed by atoms with van der Waals surface area (Å²) in [6.07, 6.45) is 2.70. The molecule has 1 rings (SSSR count). The van der Waals surface area contributed by atoms with Gasteiger partial charge in [0.05, 0.1) is 6.21 Å². The summed E-state index contributed by atoms with van der Waals surface area (Å²) in [6.45, 7) is 3.53. The Balaban J connectivity index is 3.22. The van der Waals surface area contributed by atoms with Crippen molar-refractivity contribution in [1.82, 2.24) is 0 Å². The molecule has 0 heterocycles. The second-order valence-corrected chi connectivity index (χ2v) is 2.23. The number of phenols is 1. The zero-order valence-corrected chi connectivity index (χ0v) is 6.44. The minimum absolute atomic E-state index is 0.0744. The lowest BCUT2D eigenvalue weighted by atomic mass is 10.1. The zero-order chi connectivity index (χ0) is 8.97. The Bertz CT molecular complexity index is 318. The first-order chi connectivity index (χ1) is 5.79. The van der Waals surface area contributed by atoms with Crippen LogP contribution in [0.2, 0.25) is 0 Å². The van der Waals surface area contributed by atoms with E-state index < -0.39 is 0 Å². The molecule has 0 radical (unpaired) electrons. The van der Waals surface area contributed by atoms with Gasteiger partial charge in [0.25, 0.3) is 0 Å². The molecule has 0 aromatic heterocycles. The van der Waals surface area contributed by atoms with Gasteiger partial charge in [0.15, 0.2) is 0 Å². The molecule has 0 aliphatic carbocycles. The molecule has 0 amide bonds. The minimum Gasteiger partial charge on any atom is -0.507 e. The molecular formula is C9H9NO2. The van der Waals surface area contributed by atoms with Gasteiger partial charge in [-0.15, -0.1) is 0 Å². The molecule has 0 saturated heterocycles. The van der Waals surface area contributed by atoms with Gasteiger partial charge in [-0.1, -0.05) is 29.9 Å². The maximum Gasteiger partial charge on any atom is 0.131 e. The van der Waals surface area contributed by atoms with Crippen molar-refractivity contribution < 1.29 is 10.3 Å². The van der Waals surface area contributed by atoms with Gasteiger partial charge in [-0.05, 0) is 6.07 Å². The summed E-state index contributed by atoms with van der Waals surface area (Å²) >= 11 is 0. The molecule has 0 fully saturated rings. The number of benzene rings is 1. The van der Waals surface area contributed by atoms with E-state index in [4.69, 9.17) is 5.21 Å². The van der Waals surface area contributed by atoms with Crippen LogP contribution in [-0.4, -0.2) is 16.5 Å². The standard InChI is InChI=1S/C9H9NO2/c1-2-7-4-3-5-8(6-10-12)9(7)11/h2-6,11-12H,1H2/b10-6-. The molecule has 0 spiro atoms. The highest BCUT2D eigenvalue weighted by molar-refractivity contribution is 5.85. The van der Waals surface area contributed by atoms with Crippen molar-refractivity contribution in [2.45, 2.75) is 0 Å². The predicted octanol–water partition coefficient (Wildman–Crippen LogP) is 1.84. The third-order valence-electron chi connectivity index (χ3n) is 1.52. The highest BCUT2D eigenvalue weighted by atomic mass is 16.4. The van der Waals surface area contributed by atoms with E-state index in [1.807, 2.05) is 0 Å². The molecule has 0 aliphatic rings. The molecule has 3 heteroatoms. The second-order valence-electron chi connectivity index (χ2n) is 2.23. The van der Waals surface area contributed by atoms with Crippen LogP contribution in [0.1, 0.15) is 11.1 Å². The quantitative estimate of drug-likeness (QED) is 0.397. The van der Waals surface area contributed by atoms with Crippen LogP contribution >= 0.6 is 0 Å². The maximum absolute atomic E-state index is 9.45. The molecule has 0 saturated carbocycles. The van der Waals surface area contributed by atoms with Gasteiger partial charge >= 0.3 is 0 Å². The van der Waals surface area contributed by atoms with E-state index >= 15 is 0 Å². The van der Waals surface area contributed by atoms with Crippen LogP contribution in [-0.2, 0) is 0 Å². The van der Waals surface area contributed by atoms with Crippen LogP contribution in [0.4, 0.5) is 0 Å². The van der Waals surface area contributed by atoms with E-state index in [0.717, 1.165) is 0 Å². The van der Waals surface area contributed by atoms with Gasteiger partial charge in [-0.2, -0.15) is 0 Å². The molecule has 62 valence electrons. The number of hydrogen-bond donors (Lipinski definition) is 2. The summed E-state index contributed by atoms with van der Waals surface area (Å²) in [4.78, 5) is 0. The normalized spacial score (nSPS) is 10.3. The Morgan fingerprint density at radius 3 is 2.58 bits per heavy atom. The largest absolute Gasteiger partial charge is 0.507 e. The number of aromatic hydroxyl groups is 1. The molecule has 0 atom stereocenters. The fourth-order valence-electron chi connectivity index (χ4n) is 0.911. The summed E-state index contributed by atoms with van der Waals surface area (Å²) in [6, 6.07) is 5.10. The van der Waals surface area contributed by atoms with E-state index in [2.05, 4.69) is 11.7 Å². The molecule has 0 aliphatic heterocycles. The van der Waals surface area contributed by atoms with Crippen molar-refractivity contribution in [3.05, 3.63) is 35.9 Å². The lowest BCUT2D eigenvalue weighted by Gasteiger charge is -2.00. The number of oxime groups is 1. The van der Waals surface area contributed by atoms with Crippen molar-refractivity contribution in [2.24, 2.45) is 5.16 Å². The highest BCUT2D eigenvalue weighted by Crippen LogP contribution is 2.21. The molecule has 12 heavy (non-hydrogen) atoms. The number of rotatable bonds is 2. The molecule has 1 aromatic rings. The van der Waals surface area contributed by atoms with Gasteiger partial charge in [0.1, 0.15) is 5.75 Å². The van der Waals surface area contributed by atoms with Gasteiger partial charge < -0.3 is 10.3 Å². The van der Waals surface area contributed by atoms with Crippen LogP contribution in [0.3, 0.4) is 0 Å². The minimum atomic E-state index is 0.0744. The van der Waals surface area contributed by atoms with E-state index in [9.17, 15) is 5.11 Å². The number of para-hydroxylation sites is 1. The molecule has 0 bridgehead atoms. The van der Waals surface area contributed by atoms with Crippen molar-refractivity contribution in [1.29, 1.82) is 0 Å². The lowest BCUT2D eigenvalue weighted by Crippen LogP contribution is -1.84. The van der Waals surface area contributed by atoms with E-state index in [0.29, 0.717) is 11.1 Å². The number of hydrogen-bond acceptors (Lipinski definition) is 3. The molecule has 3 nitrogen and oxygen atoms in total. The maximum atomic E-state index is 9.45. The first-order valence-electron chi connectivity index (χ1n) is 3.41. The smallest absolute Gasteiger partial charge is 0.131 e. The molecule has 1 aromatic carbocycles. The van der Waals surface area contributed by atoms with Crippen molar-refractivity contribution in [3.8, 4) is 5.75 Å². The van der Waals surface area contributed by atoms with Gasteiger partial charge in [0, 0.05) is 11.1 Å². The average Bonchev–Trinajstić information content (AvgIpc) is 2.09. The predicted molar refractivity (Wildman–Crippen MR) is 47.6 cm³/mol.